The molecule has 0 aromatic carbocycles. The van der Waals surface area contributed by atoms with Gasteiger partial charge >= 0.3 is 0 Å². The number of nitrogens with one attached hydrogen (secondary N) is 1. The second-order valence-corrected chi connectivity index (χ2v) is 12.8. The van der Waals surface area contributed by atoms with E-state index >= 15 is 4.39 Å². The van der Waals surface area contributed by atoms with Crippen LogP contribution in [0.25, 0.3) is 0 Å². The summed E-state index contributed by atoms with van der Waals surface area (Å²) in [4.78, 5) is 38.0. The molecule has 10 heteroatoms. The van der Waals surface area contributed by atoms with Crippen molar-refractivity contribution in [3.8, 4) is 0 Å². The molecule has 0 aromatic rings. The van der Waals surface area contributed by atoms with Gasteiger partial charge in [-0.05, 0) is 50.5 Å². The largest absolute Gasteiger partial charge is 0.378 e. The Kier molecular flexibility index (Phi) is 8.47. The van der Waals surface area contributed by atoms with Crippen LogP contribution in [0.15, 0.2) is 16.8 Å². The van der Waals surface area contributed by atoms with Crippen molar-refractivity contribution in [3.05, 3.63) is 11.8 Å². The van der Waals surface area contributed by atoms with Crippen LogP contribution in [0.5, 0.6) is 0 Å². The lowest BCUT2D eigenvalue weighted by Gasteiger charge is -2.62. The van der Waals surface area contributed by atoms with E-state index in [1.165, 1.54) is 19.3 Å². The van der Waals surface area contributed by atoms with Gasteiger partial charge in [0.2, 0.25) is 0 Å². The Bertz CT molecular complexity index is 1000. The van der Waals surface area contributed by atoms with Crippen LogP contribution in [0, 0.1) is 17.8 Å². The lowest BCUT2D eigenvalue weighted by molar-refractivity contribution is -0.215. The van der Waals surface area contributed by atoms with E-state index in [1.54, 1.807) is 11.2 Å². The van der Waals surface area contributed by atoms with Crippen molar-refractivity contribution in [2.75, 3.05) is 53.5 Å². The van der Waals surface area contributed by atoms with Gasteiger partial charge in [-0.1, -0.05) is 19.3 Å². The number of alkyl halides is 1. The van der Waals surface area contributed by atoms with Crippen molar-refractivity contribution in [2.24, 2.45) is 22.7 Å². The molecule has 0 spiro atoms. The summed E-state index contributed by atoms with van der Waals surface area (Å²) in [7, 11) is 3.88. The zero-order chi connectivity index (χ0) is 27.8. The second-order valence-electron chi connectivity index (χ2n) is 12.8. The molecule has 6 aliphatic rings. The van der Waals surface area contributed by atoms with Gasteiger partial charge in [0.1, 0.15) is 6.17 Å². The molecule has 9 atom stereocenters. The third-order valence-electron chi connectivity index (χ3n) is 10.2. The van der Waals surface area contributed by atoms with E-state index in [0.717, 1.165) is 25.7 Å². The third kappa shape index (κ3) is 5.31. The standard InChI is InChI=1S/C30H46FN5O4/c1-34(2)18-32-10-5-11-33-25-23(31)16-21-27-29(25)40-24-9-8-19-6-3-4-7-20(19)26(24)36(27)17-22(28(21)37)30(38)35-12-14-39-15-13-35/h17-21,23-27,29,33H,3-16H2,1-2H3. The molecule has 0 aromatic heterocycles. The first kappa shape index (κ1) is 28.1. The quantitative estimate of drug-likeness (QED) is 0.221. The van der Waals surface area contributed by atoms with Crippen molar-refractivity contribution in [2.45, 2.75) is 87.9 Å². The van der Waals surface area contributed by atoms with Crippen LogP contribution in [0.4, 0.5) is 4.39 Å². The zero-order valence-electron chi connectivity index (χ0n) is 24.1. The van der Waals surface area contributed by atoms with Crippen LogP contribution in [0.3, 0.4) is 0 Å². The number of halogens is 1. The van der Waals surface area contributed by atoms with E-state index in [0.29, 0.717) is 51.2 Å². The van der Waals surface area contributed by atoms with E-state index in [-0.39, 0.29) is 41.9 Å². The fraction of sp³-hybridized carbons (Fsp3) is 0.833. The van der Waals surface area contributed by atoms with Gasteiger partial charge in [0.15, 0.2) is 5.78 Å². The highest BCUT2D eigenvalue weighted by atomic mass is 19.1. The number of rotatable bonds is 7. The molecule has 3 aliphatic carbocycles. The number of carbonyl (C=O) groups is 2. The van der Waals surface area contributed by atoms with Crippen LogP contribution in [-0.2, 0) is 19.1 Å². The molecule has 6 rings (SSSR count). The van der Waals surface area contributed by atoms with E-state index in [9.17, 15) is 9.59 Å². The molecule has 3 aliphatic heterocycles. The number of fused-ring (bicyclic) bond motifs is 4. The highest BCUT2D eigenvalue weighted by molar-refractivity contribution is 6.20. The fourth-order valence-electron chi connectivity index (χ4n) is 8.40. The molecule has 9 nitrogen and oxygen atoms in total. The molecule has 9 unspecified atom stereocenters. The molecule has 1 N–H and O–H groups in total. The van der Waals surface area contributed by atoms with Crippen LogP contribution < -0.4 is 5.32 Å². The molecular formula is C30H46FN5O4. The fourth-order valence-corrected chi connectivity index (χ4v) is 8.40. The molecule has 1 amide bonds. The second kappa shape index (κ2) is 12.1. The smallest absolute Gasteiger partial charge is 0.259 e. The topological polar surface area (TPSA) is 86.7 Å². The van der Waals surface area contributed by atoms with Crippen LogP contribution >= 0.6 is 0 Å². The van der Waals surface area contributed by atoms with Gasteiger partial charge < -0.3 is 29.5 Å². The normalized spacial score (nSPS) is 39.3. The van der Waals surface area contributed by atoms with Crippen molar-refractivity contribution in [1.82, 2.24) is 20.0 Å². The average Bonchev–Trinajstić information content (AvgIpc) is 2.97. The van der Waals surface area contributed by atoms with Crippen molar-refractivity contribution in [1.29, 1.82) is 0 Å². The lowest BCUT2D eigenvalue weighted by Crippen LogP contribution is -2.74. The number of carbonyl (C=O) groups excluding carboxylic acids is 2. The van der Waals surface area contributed by atoms with Crippen LogP contribution in [0.2, 0.25) is 0 Å². The summed E-state index contributed by atoms with van der Waals surface area (Å²) >= 11 is 0. The van der Waals surface area contributed by atoms with E-state index in [4.69, 9.17) is 9.47 Å². The maximum Gasteiger partial charge on any atom is 0.259 e. The molecule has 0 radical (unpaired) electrons. The molecule has 3 heterocycles. The predicted molar refractivity (Wildman–Crippen MR) is 150 cm³/mol. The van der Waals surface area contributed by atoms with Crippen LogP contribution in [0.1, 0.15) is 51.4 Å². The Labute approximate surface area is 237 Å². The number of hydrogen-bond acceptors (Lipinski definition) is 7. The number of hydrogen-bond donors (Lipinski definition) is 1. The first-order valence-corrected chi connectivity index (χ1v) is 15.5. The summed E-state index contributed by atoms with van der Waals surface area (Å²) in [5, 5.41) is 3.47. The number of amides is 1. The Hall–Kier alpha value is -2.04. The molecule has 3 saturated carbocycles. The maximum atomic E-state index is 16.0. The molecule has 5 fully saturated rings. The lowest BCUT2D eigenvalue weighted by atomic mass is 9.63. The number of Topliss-reactive ketones (excluding diaryl/α,β-unsaturated/α-hetero) is 1. The Morgan fingerprint density at radius 3 is 2.77 bits per heavy atom. The van der Waals surface area contributed by atoms with Gasteiger partial charge in [-0.25, -0.2) is 4.39 Å². The third-order valence-corrected chi connectivity index (χ3v) is 10.2. The first-order valence-electron chi connectivity index (χ1n) is 15.5. The summed E-state index contributed by atoms with van der Waals surface area (Å²) in [5.74, 6) is 0.142. The number of morpholine rings is 2. The van der Waals surface area contributed by atoms with Gasteiger partial charge in [0.25, 0.3) is 5.91 Å². The average molecular weight is 560 g/mol. The summed E-state index contributed by atoms with van der Waals surface area (Å²) in [6.07, 6.45) is 9.92. The van der Waals surface area contributed by atoms with Crippen molar-refractivity contribution < 1.29 is 23.5 Å². The minimum Gasteiger partial charge on any atom is -0.378 e. The van der Waals surface area contributed by atoms with Crippen LogP contribution in [-0.4, -0.2) is 123 Å². The predicted octanol–water partition coefficient (Wildman–Crippen LogP) is 2.01. The monoisotopic (exact) mass is 559 g/mol. The highest BCUT2D eigenvalue weighted by Crippen LogP contribution is 2.51. The van der Waals surface area contributed by atoms with E-state index < -0.39 is 24.2 Å². The minimum absolute atomic E-state index is 0.00951. The van der Waals surface area contributed by atoms with E-state index in [1.807, 2.05) is 25.2 Å². The summed E-state index contributed by atoms with van der Waals surface area (Å²) < 4.78 is 28.3. The number of nitrogens with zero attached hydrogens (tertiary/aromatic N) is 4. The summed E-state index contributed by atoms with van der Waals surface area (Å²) in [5.41, 5.74) is 0.234. The molecule has 222 valence electrons. The zero-order valence-corrected chi connectivity index (χ0v) is 24.1. The maximum absolute atomic E-state index is 16.0. The first-order chi connectivity index (χ1) is 19.4. The summed E-state index contributed by atoms with van der Waals surface area (Å²) in [6.45, 7) is 3.23. The molecular weight excluding hydrogens is 513 g/mol. The van der Waals surface area contributed by atoms with Gasteiger partial charge in [0, 0.05) is 45.8 Å². The Morgan fingerprint density at radius 2 is 1.98 bits per heavy atom. The van der Waals surface area contributed by atoms with Gasteiger partial charge in [-0.15, -0.1) is 0 Å². The Morgan fingerprint density at radius 1 is 1.18 bits per heavy atom. The minimum atomic E-state index is -1.22. The summed E-state index contributed by atoms with van der Waals surface area (Å²) in [6, 6.07) is -0.586. The van der Waals surface area contributed by atoms with E-state index in [2.05, 4.69) is 15.2 Å². The molecule has 2 saturated heterocycles. The van der Waals surface area contributed by atoms with Crippen molar-refractivity contribution in [3.63, 3.8) is 0 Å². The van der Waals surface area contributed by atoms with Gasteiger partial charge in [-0.2, -0.15) is 0 Å². The van der Waals surface area contributed by atoms with Gasteiger partial charge in [0.05, 0.1) is 55.5 Å². The number of ether oxygens (including phenoxy) is 2. The number of ketones is 1. The highest BCUT2D eigenvalue weighted by Gasteiger charge is 2.60. The Balaban J connectivity index is 1.28. The van der Waals surface area contributed by atoms with Crippen molar-refractivity contribution >= 4 is 18.0 Å². The molecule has 0 bridgehead atoms. The number of aliphatic imine (C=N–C) groups is 1. The SMILES string of the molecule is CN(C)C=NCCCNC1C(F)CC2C(=O)C(C(=O)N3CCOCC3)=CN3C4C(CCC5CCCCC54)OC1C23. The molecule has 40 heavy (non-hydrogen) atoms. The van der Waals surface area contributed by atoms with Gasteiger partial charge in [-0.3, -0.25) is 14.6 Å².